The lowest BCUT2D eigenvalue weighted by Crippen LogP contribution is -2.29. The van der Waals surface area contributed by atoms with Gasteiger partial charge in [-0.1, -0.05) is 12.1 Å². The number of rotatable bonds is 10. The summed E-state index contributed by atoms with van der Waals surface area (Å²) in [5.74, 6) is 2.80. The Kier molecular flexibility index (Phi) is 7.89. The highest BCUT2D eigenvalue weighted by molar-refractivity contribution is 5.73. The molecule has 4 N–H and O–H groups in total. The van der Waals surface area contributed by atoms with Crippen molar-refractivity contribution in [3.63, 3.8) is 0 Å². The Morgan fingerprint density at radius 2 is 2.06 bits per heavy atom. The molecule has 0 amide bonds. The third-order valence-electron chi connectivity index (χ3n) is 5.68. The molecule has 1 aliphatic heterocycles. The van der Waals surface area contributed by atoms with Crippen molar-refractivity contribution in [3.8, 4) is 28.4 Å². The van der Waals surface area contributed by atoms with Crippen LogP contribution in [-0.4, -0.2) is 72.7 Å². The highest BCUT2D eigenvalue weighted by Crippen LogP contribution is 2.31. The minimum atomic E-state index is -0.589. The molecule has 4 rings (SSSR count). The van der Waals surface area contributed by atoms with Crippen LogP contribution in [-0.2, 0) is 4.74 Å². The van der Waals surface area contributed by atoms with Gasteiger partial charge in [0.15, 0.2) is 5.82 Å². The normalized spacial score (nSPS) is 16.3. The Hall–Kier alpha value is -3.27. The van der Waals surface area contributed by atoms with Crippen molar-refractivity contribution >= 4 is 11.6 Å². The summed E-state index contributed by atoms with van der Waals surface area (Å²) in [6, 6.07) is 11.8. The highest BCUT2D eigenvalue weighted by Gasteiger charge is 2.20. The van der Waals surface area contributed by atoms with E-state index in [1.54, 1.807) is 13.2 Å². The van der Waals surface area contributed by atoms with E-state index in [1.807, 2.05) is 50.4 Å². The fourth-order valence-electron chi connectivity index (χ4n) is 3.84. The molecule has 2 atom stereocenters. The number of anilines is 2. The summed E-state index contributed by atoms with van der Waals surface area (Å²) < 4.78 is 11.3. The fraction of sp³-hybridized carbons (Fsp3) is 0.400. The van der Waals surface area contributed by atoms with E-state index in [2.05, 4.69) is 20.9 Å². The molecule has 0 radical (unpaired) electrons. The summed E-state index contributed by atoms with van der Waals surface area (Å²) in [6.45, 7) is 4.09. The number of pyridine rings is 1. The number of likely N-dealkylation sites (N-methyl/N-ethyl adjacent to an activating group) is 1. The van der Waals surface area contributed by atoms with E-state index < -0.39 is 6.10 Å². The summed E-state index contributed by atoms with van der Waals surface area (Å²) in [5.41, 5.74) is 3.58. The van der Waals surface area contributed by atoms with Crippen LogP contribution in [0.4, 0.5) is 11.6 Å². The second kappa shape index (κ2) is 11.2. The fourth-order valence-corrected chi connectivity index (χ4v) is 3.84. The van der Waals surface area contributed by atoms with Crippen molar-refractivity contribution in [1.29, 1.82) is 0 Å². The van der Waals surface area contributed by atoms with Crippen LogP contribution in [0.2, 0.25) is 0 Å². The molecule has 1 aliphatic rings. The summed E-state index contributed by atoms with van der Waals surface area (Å²) >= 11 is 0. The smallest absolute Gasteiger partial charge is 0.162 e. The van der Waals surface area contributed by atoms with Crippen LogP contribution in [0, 0.1) is 6.92 Å². The predicted molar refractivity (Wildman–Crippen MR) is 133 cm³/mol. The SMILES string of the molecule is CNCC(O)COc1cccc(-c2nc(N[C@@H]3CCOC3)c(C)c(-c3ccnc(NC)c3)n2)c1. The maximum absolute atomic E-state index is 9.96. The van der Waals surface area contributed by atoms with E-state index in [4.69, 9.17) is 19.4 Å². The number of aliphatic hydroxyl groups excluding tert-OH is 1. The zero-order chi connectivity index (χ0) is 23.9. The Bertz CT molecular complexity index is 1100. The summed E-state index contributed by atoms with van der Waals surface area (Å²) in [7, 11) is 3.64. The molecule has 0 aliphatic carbocycles. The van der Waals surface area contributed by atoms with E-state index in [0.29, 0.717) is 24.7 Å². The van der Waals surface area contributed by atoms with E-state index in [1.165, 1.54) is 0 Å². The largest absolute Gasteiger partial charge is 0.491 e. The van der Waals surface area contributed by atoms with Crippen molar-refractivity contribution < 1.29 is 14.6 Å². The molecule has 0 saturated carbocycles. The van der Waals surface area contributed by atoms with Crippen LogP contribution >= 0.6 is 0 Å². The molecule has 34 heavy (non-hydrogen) atoms. The Balaban J connectivity index is 1.71. The first kappa shape index (κ1) is 23.9. The van der Waals surface area contributed by atoms with Crippen molar-refractivity contribution in [2.75, 3.05) is 51.1 Å². The average molecular weight is 465 g/mol. The van der Waals surface area contributed by atoms with Crippen molar-refractivity contribution in [3.05, 3.63) is 48.2 Å². The van der Waals surface area contributed by atoms with Crippen LogP contribution in [0.25, 0.3) is 22.6 Å². The lowest BCUT2D eigenvalue weighted by Gasteiger charge is -2.18. The van der Waals surface area contributed by atoms with Gasteiger partial charge in [0.1, 0.15) is 30.1 Å². The van der Waals surface area contributed by atoms with Gasteiger partial charge < -0.3 is 30.5 Å². The van der Waals surface area contributed by atoms with Gasteiger partial charge in [-0.3, -0.25) is 0 Å². The van der Waals surface area contributed by atoms with Crippen LogP contribution in [0.15, 0.2) is 42.6 Å². The van der Waals surface area contributed by atoms with Gasteiger partial charge in [-0.2, -0.15) is 0 Å². The van der Waals surface area contributed by atoms with Gasteiger partial charge in [0, 0.05) is 43.1 Å². The molecular formula is C25H32N6O3. The molecule has 180 valence electrons. The van der Waals surface area contributed by atoms with Crippen LogP contribution in [0.3, 0.4) is 0 Å². The van der Waals surface area contributed by atoms with Crippen LogP contribution in [0.1, 0.15) is 12.0 Å². The molecule has 0 bridgehead atoms. The van der Waals surface area contributed by atoms with E-state index in [-0.39, 0.29) is 12.6 Å². The number of ether oxygens (including phenoxy) is 2. The molecule has 9 heteroatoms. The second-order valence-corrected chi connectivity index (χ2v) is 8.30. The Morgan fingerprint density at radius 3 is 2.82 bits per heavy atom. The van der Waals surface area contributed by atoms with Gasteiger partial charge in [0.05, 0.1) is 18.3 Å². The van der Waals surface area contributed by atoms with Crippen LogP contribution < -0.4 is 20.7 Å². The van der Waals surface area contributed by atoms with Gasteiger partial charge in [-0.25, -0.2) is 15.0 Å². The zero-order valence-corrected chi connectivity index (χ0v) is 19.8. The molecule has 1 fully saturated rings. The van der Waals surface area contributed by atoms with Gasteiger partial charge in [0.2, 0.25) is 0 Å². The number of aliphatic hydroxyl groups is 1. The second-order valence-electron chi connectivity index (χ2n) is 8.30. The minimum Gasteiger partial charge on any atom is -0.491 e. The standard InChI is InChI=1S/C25H32N6O3/c1-16-23(17-7-9-28-22(12-17)27-3)30-25(31-24(16)29-19-8-10-33-14-19)18-5-4-6-21(11-18)34-15-20(32)13-26-2/h4-7,9,11-12,19-20,26,32H,8,10,13-15H2,1-3H3,(H,27,28)(H,29,30,31)/t19-,20?/m1/s1. The maximum atomic E-state index is 9.96. The third kappa shape index (κ3) is 5.80. The molecular weight excluding hydrogens is 432 g/mol. The zero-order valence-electron chi connectivity index (χ0n) is 19.8. The number of nitrogens with zero attached hydrogens (tertiary/aromatic N) is 3. The van der Waals surface area contributed by atoms with Crippen LogP contribution in [0.5, 0.6) is 5.75 Å². The van der Waals surface area contributed by atoms with E-state index in [0.717, 1.165) is 47.0 Å². The topological polar surface area (TPSA) is 113 Å². The first-order chi connectivity index (χ1) is 16.6. The number of aromatic nitrogens is 3. The molecule has 3 heterocycles. The number of hydrogen-bond acceptors (Lipinski definition) is 9. The minimum absolute atomic E-state index is 0.197. The Morgan fingerprint density at radius 1 is 1.18 bits per heavy atom. The molecule has 3 aromatic rings. The number of hydrogen-bond donors (Lipinski definition) is 4. The predicted octanol–water partition coefficient (Wildman–Crippen LogP) is 2.72. The van der Waals surface area contributed by atoms with E-state index >= 15 is 0 Å². The highest BCUT2D eigenvalue weighted by atomic mass is 16.5. The third-order valence-corrected chi connectivity index (χ3v) is 5.68. The van der Waals surface area contributed by atoms with Gasteiger partial charge >= 0.3 is 0 Å². The average Bonchev–Trinajstić information content (AvgIpc) is 3.37. The molecule has 1 saturated heterocycles. The molecule has 9 nitrogen and oxygen atoms in total. The Labute approximate surface area is 200 Å². The van der Waals surface area contributed by atoms with E-state index in [9.17, 15) is 5.11 Å². The maximum Gasteiger partial charge on any atom is 0.162 e. The van der Waals surface area contributed by atoms with Crippen molar-refractivity contribution in [1.82, 2.24) is 20.3 Å². The number of nitrogens with one attached hydrogen (secondary N) is 3. The monoisotopic (exact) mass is 464 g/mol. The lowest BCUT2D eigenvalue weighted by atomic mass is 10.1. The molecule has 0 spiro atoms. The lowest BCUT2D eigenvalue weighted by molar-refractivity contribution is 0.108. The van der Waals surface area contributed by atoms with Gasteiger partial charge in [-0.05, 0) is 44.7 Å². The van der Waals surface area contributed by atoms with Crippen molar-refractivity contribution in [2.24, 2.45) is 0 Å². The molecule has 1 aromatic carbocycles. The number of benzene rings is 1. The molecule has 2 aromatic heterocycles. The first-order valence-electron chi connectivity index (χ1n) is 11.5. The quantitative estimate of drug-likeness (QED) is 0.360. The van der Waals surface area contributed by atoms with Gasteiger partial charge in [-0.15, -0.1) is 0 Å². The summed E-state index contributed by atoms with van der Waals surface area (Å²) in [4.78, 5) is 14.1. The molecule has 1 unspecified atom stereocenters. The van der Waals surface area contributed by atoms with Crippen molar-refractivity contribution in [2.45, 2.75) is 25.5 Å². The summed E-state index contributed by atoms with van der Waals surface area (Å²) in [6.07, 6.45) is 2.12. The first-order valence-corrected chi connectivity index (χ1v) is 11.5. The summed E-state index contributed by atoms with van der Waals surface area (Å²) in [5, 5.41) is 19.5. The van der Waals surface area contributed by atoms with Gasteiger partial charge in [0.25, 0.3) is 0 Å².